The highest BCUT2D eigenvalue weighted by Gasteiger charge is 2.19. The fourth-order valence-corrected chi connectivity index (χ4v) is 1.13. The van der Waals surface area contributed by atoms with Crippen LogP contribution in [0.1, 0.15) is 11.5 Å². The lowest BCUT2D eigenvalue weighted by atomic mass is 10.0. The minimum absolute atomic E-state index is 0.136. The molecule has 1 N–H and O–H groups in total. The molecule has 4 heteroatoms. The normalized spacial score (nSPS) is 11.7. The van der Waals surface area contributed by atoms with Gasteiger partial charge in [0.1, 0.15) is 12.5 Å². The summed E-state index contributed by atoms with van der Waals surface area (Å²) in [4.78, 5) is 20.8. The summed E-state index contributed by atoms with van der Waals surface area (Å²) in [5.74, 6) is -1.79. The molecule has 0 saturated carbocycles. The first kappa shape index (κ1) is 10.2. The molecule has 0 unspecified atom stereocenters. The van der Waals surface area contributed by atoms with Crippen molar-refractivity contribution in [1.29, 1.82) is 0 Å². The van der Waals surface area contributed by atoms with E-state index in [1.165, 1.54) is 0 Å². The maximum absolute atomic E-state index is 10.8. The Balaban J connectivity index is 2.78. The van der Waals surface area contributed by atoms with Crippen molar-refractivity contribution in [3.63, 3.8) is 0 Å². The molecule has 0 aromatic heterocycles. The van der Waals surface area contributed by atoms with Gasteiger partial charge < -0.3 is 9.84 Å². The molecule has 1 rings (SSSR count). The summed E-state index contributed by atoms with van der Waals surface area (Å²) < 4.78 is 4.45. The highest BCUT2D eigenvalue weighted by atomic mass is 16.5. The second-order valence-corrected chi connectivity index (χ2v) is 2.73. The maximum atomic E-state index is 10.8. The molecule has 0 bridgehead atoms. The minimum Gasteiger partial charge on any atom is -0.481 e. The van der Waals surface area contributed by atoms with Gasteiger partial charge in [-0.3, -0.25) is 9.59 Å². The van der Waals surface area contributed by atoms with Crippen LogP contribution in [0.5, 0.6) is 0 Å². The van der Waals surface area contributed by atoms with Gasteiger partial charge in [-0.2, -0.15) is 0 Å². The number of carboxylic acid groups (broad SMARTS) is 1. The van der Waals surface area contributed by atoms with Crippen LogP contribution in [-0.4, -0.2) is 24.2 Å². The van der Waals surface area contributed by atoms with Crippen LogP contribution in [0.3, 0.4) is 0 Å². The predicted octanol–water partition coefficient (Wildman–Crippen LogP) is 1.03. The summed E-state index contributed by atoms with van der Waals surface area (Å²) in [6.45, 7) is 0.113. The van der Waals surface area contributed by atoms with Crippen LogP contribution in [0.25, 0.3) is 0 Å². The number of carbonyl (C=O) groups excluding carboxylic acids is 1. The number of aliphatic carboxylic acids is 1. The molecular weight excluding hydrogens is 184 g/mol. The molecule has 0 saturated heterocycles. The van der Waals surface area contributed by atoms with Crippen LogP contribution >= 0.6 is 0 Å². The molecule has 1 atom stereocenters. The van der Waals surface area contributed by atoms with Crippen LogP contribution in [0.2, 0.25) is 0 Å². The van der Waals surface area contributed by atoms with E-state index in [4.69, 9.17) is 5.11 Å². The standard InChI is InChI=1S/C10H10O4/c11-7-14-6-9(10(12)13)8-4-2-1-3-5-8/h1-5,7,9H,6H2,(H,12,13)/t9-/m0/s1. The largest absolute Gasteiger partial charge is 0.481 e. The van der Waals surface area contributed by atoms with Crippen molar-refractivity contribution in [2.24, 2.45) is 0 Å². The van der Waals surface area contributed by atoms with E-state index in [1.807, 2.05) is 0 Å². The number of carboxylic acids is 1. The third-order valence-electron chi connectivity index (χ3n) is 1.83. The van der Waals surface area contributed by atoms with E-state index in [1.54, 1.807) is 30.3 Å². The quantitative estimate of drug-likeness (QED) is 0.711. The second kappa shape index (κ2) is 5.01. The van der Waals surface area contributed by atoms with Crippen molar-refractivity contribution in [2.75, 3.05) is 6.61 Å². The first-order chi connectivity index (χ1) is 6.75. The molecule has 1 aromatic rings. The first-order valence-corrected chi connectivity index (χ1v) is 4.08. The molecule has 4 nitrogen and oxygen atoms in total. The second-order valence-electron chi connectivity index (χ2n) is 2.73. The molecule has 0 aliphatic carbocycles. The van der Waals surface area contributed by atoms with E-state index in [2.05, 4.69) is 4.74 Å². The Kier molecular flexibility index (Phi) is 3.67. The van der Waals surface area contributed by atoms with Gasteiger partial charge in [0.2, 0.25) is 0 Å². The summed E-state index contributed by atoms with van der Waals surface area (Å²) >= 11 is 0. The highest BCUT2D eigenvalue weighted by Crippen LogP contribution is 2.15. The van der Waals surface area contributed by atoms with Crippen LogP contribution in [0, 0.1) is 0 Å². The van der Waals surface area contributed by atoms with Gasteiger partial charge in [-0.05, 0) is 5.56 Å². The summed E-state index contributed by atoms with van der Waals surface area (Å²) in [5.41, 5.74) is 0.627. The van der Waals surface area contributed by atoms with Crippen molar-refractivity contribution >= 4 is 12.4 Å². The Morgan fingerprint density at radius 1 is 1.43 bits per heavy atom. The van der Waals surface area contributed by atoms with E-state index in [0.29, 0.717) is 5.56 Å². The van der Waals surface area contributed by atoms with Crippen molar-refractivity contribution in [1.82, 2.24) is 0 Å². The van der Waals surface area contributed by atoms with E-state index in [9.17, 15) is 9.59 Å². The average Bonchev–Trinajstić information content (AvgIpc) is 2.19. The van der Waals surface area contributed by atoms with Gasteiger partial charge in [0.25, 0.3) is 6.47 Å². The lowest BCUT2D eigenvalue weighted by molar-refractivity contribution is -0.141. The van der Waals surface area contributed by atoms with Gasteiger partial charge in [-0.15, -0.1) is 0 Å². The van der Waals surface area contributed by atoms with Gasteiger partial charge in [0.15, 0.2) is 0 Å². The summed E-state index contributed by atoms with van der Waals surface area (Å²) in [6, 6.07) is 8.65. The zero-order chi connectivity index (χ0) is 10.4. The highest BCUT2D eigenvalue weighted by molar-refractivity contribution is 5.76. The molecule has 0 amide bonds. The molecule has 0 aliphatic rings. The number of rotatable bonds is 5. The van der Waals surface area contributed by atoms with Crippen LogP contribution in [0.15, 0.2) is 30.3 Å². The Morgan fingerprint density at radius 3 is 2.57 bits per heavy atom. The van der Waals surface area contributed by atoms with Crippen molar-refractivity contribution < 1.29 is 19.4 Å². The average molecular weight is 194 g/mol. The lowest BCUT2D eigenvalue weighted by Crippen LogP contribution is -2.17. The van der Waals surface area contributed by atoms with Gasteiger partial charge >= 0.3 is 5.97 Å². The van der Waals surface area contributed by atoms with Crippen LogP contribution < -0.4 is 0 Å². The van der Waals surface area contributed by atoms with Gasteiger partial charge in [0.05, 0.1) is 0 Å². The number of carbonyl (C=O) groups is 2. The van der Waals surface area contributed by atoms with Crippen LogP contribution in [-0.2, 0) is 14.3 Å². The van der Waals surface area contributed by atoms with Gasteiger partial charge in [0, 0.05) is 0 Å². The molecule has 1 aromatic carbocycles. The maximum Gasteiger partial charge on any atom is 0.314 e. The smallest absolute Gasteiger partial charge is 0.314 e. The van der Waals surface area contributed by atoms with E-state index < -0.39 is 11.9 Å². The third kappa shape index (κ3) is 2.58. The molecule has 0 spiro atoms. The molecule has 0 radical (unpaired) electrons. The summed E-state index contributed by atoms with van der Waals surface area (Å²) in [7, 11) is 0. The zero-order valence-corrected chi connectivity index (χ0v) is 7.42. The van der Waals surface area contributed by atoms with Crippen molar-refractivity contribution in [3.05, 3.63) is 35.9 Å². The molecule has 74 valence electrons. The number of hydrogen-bond donors (Lipinski definition) is 1. The van der Waals surface area contributed by atoms with Gasteiger partial charge in [-0.1, -0.05) is 30.3 Å². The first-order valence-electron chi connectivity index (χ1n) is 4.08. The van der Waals surface area contributed by atoms with E-state index in [-0.39, 0.29) is 13.1 Å². The summed E-state index contributed by atoms with van der Waals surface area (Å²) in [5, 5.41) is 8.86. The molecular formula is C10H10O4. The molecule has 0 aliphatic heterocycles. The Morgan fingerprint density at radius 2 is 2.07 bits per heavy atom. The Hall–Kier alpha value is -1.84. The van der Waals surface area contributed by atoms with E-state index in [0.717, 1.165) is 0 Å². The fourth-order valence-electron chi connectivity index (χ4n) is 1.13. The number of hydrogen-bond acceptors (Lipinski definition) is 3. The molecule has 14 heavy (non-hydrogen) atoms. The van der Waals surface area contributed by atoms with Crippen LogP contribution in [0.4, 0.5) is 0 Å². The van der Waals surface area contributed by atoms with Crippen molar-refractivity contribution in [2.45, 2.75) is 5.92 Å². The third-order valence-corrected chi connectivity index (χ3v) is 1.83. The SMILES string of the molecule is O=COC[C@H](C(=O)O)c1ccccc1. The number of benzene rings is 1. The predicted molar refractivity (Wildman–Crippen MR) is 48.8 cm³/mol. The number of ether oxygens (including phenoxy) is 1. The van der Waals surface area contributed by atoms with Gasteiger partial charge in [-0.25, -0.2) is 0 Å². The zero-order valence-electron chi connectivity index (χ0n) is 7.42. The van der Waals surface area contributed by atoms with Crippen molar-refractivity contribution in [3.8, 4) is 0 Å². The molecule has 0 fully saturated rings. The topological polar surface area (TPSA) is 63.6 Å². The fraction of sp³-hybridized carbons (Fsp3) is 0.200. The lowest BCUT2D eigenvalue weighted by Gasteiger charge is -2.10. The molecule has 0 heterocycles. The summed E-state index contributed by atoms with van der Waals surface area (Å²) in [6.07, 6.45) is 0. The Labute approximate surface area is 81.1 Å². The monoisotopic (exact) mass is 194 g/mol. The minimum atomic E-state index is -1.00. The Bertz CT molecular complexity index is 307. The van der Waals surface area contributed by atoms with E-state index >= 15 is 0 Å².